The molecule has 66 valence electrons. The number of likely N-dealkylation sites (N-methyl/N-ethyl adjacent to an activating group) is 1. The van der Waals surface area contributed by atoms with Crippen molar-refractivity contribution in [1.82, 2.24) is 4.90 Å². The summed E-state index contributed by atoms with van der Waals surface area (Å²) in [5, 5.41) is 0.742. The Balaban J connectivity index is 4.54. The number of hydrogen-bond donors (Lipinski definition) is 0. The van der Waals surface area contributed by atoms with E-state index < -0.39 is 0 Å². The lowest BCUT2D eigenvalue weighted by atomic mass is 10.3. The minimum atomic E-state index is 0.742. The zero-order valence-corrected chi connectivity index (χ0v) is 8.30. The second kappa shape index (κ2) is 5.67. The number of halogens is 1. The fourth-order valence-electron chi connectivity index (χ4n) is 0.635. The van der Waals surface area contributed by atoms with Gasteiger partial charge in [0, 0.05) is 17.8 Å². The van der Waals surface area contributed by atoms with Crippen molar-refractivity contribution < 1.29 is 0 Å². The van der Waals surface area contributed by atoms with Crippen LogP contribution in [-0.4, -0.2) is 11.9 Å². The first-order valence-corrected chi connectivity index (χ1v) is 4.01. The van der Waals surface area contributed by atoms with E-state index in [1.165, 1.54) is 0 Å². The minimum Gasteiger partial charge on any atom is -0.352 e. The summed E-state index contributed by atoms with van der Waals surface area (Å²) < 4.78 is 0. The van der Waals surface area contributed by atoms with Gasteiger partial charge in [-0.2, -0.15) is 0 Å². The molecule has 0 spiro atoms. The molecular formula is C10H14ClN. The van der Waals surface area contributed by atoms with E-state index in [1.807, 2.05) is 31.0 Å². The normalized spacial score (nSPS) is 12.6. The van der Waals surface area contributed by atoms with E-state index in [-0.39, 0.29) is 0 Å². The maximum atomic E-state index is 5.66. The predicted octanol–water partition coefficient (Wildman–Crippen LogP) is 3.27. The second-order valence-electron chi connectivity index (χ2n) is 2.34. The predicted molar refractivity (Wildman–Crippen MR) is 55.9 cm³/mol. The largest absolute Gasteiger partial charge is 0.352 e. The average Bonchev–Trinajstić information content (AvgIpc) is 2.04. The molecule has 0 saturated carbocycles. The van der Waals surface area contributed by atoms with Crippen LogP contribution in [0.3, 0.4) is 0 Å². The number of nitrogens with zero attached hydrogens (tertiary/aromatic N) is 1. The van der Waals surface area contributed by atoms with E-state index in [0.29, 0.717) is 0 Å². The summed E-state index contributed by atoms with van der Waals surface area (Å²) in [6.07, 6.45) is 7.17. The van der Waals surface area contributed by atoms with Gasteiger partial charge in [-0.1, -0.05) is 24.8 Å². The maximum Gasteiger partial charge on any atom is 0.0397 e. The highest BCUT2D eigenvalue weighted by molar-refractivity contribution is 6.29. The number of rotatable bonds is 4. The van der Waals surface area contributed by atoms with Crippen LogP contribution in [0.25, 0.3) is 0 Å². The van der Waals surface area contributed by atoms with Crippen LogP contribution in [0.15, 0.2) is 48.3 Å². The van der Waals surface area contributed by atoms with Crippen LogP contribution in [0.2, 0.25) is 0 Å². The Morgan fingerprint density at radius 3 is 2.25 bits per heavy atom. The van der Waals surface area contributed by atoms with Gasteiger partial charge in [0.15, 0.2) is 0 Å². The molecule has 0 aliphatic rings. The highest BCUT2D eigenvalue weighted by atomic mass is 35.5. The average molecular weight is 184 g/mol. The molecule has 0 unspecified atom stereocenters. The molecule has 1 nitrogen and oxygen atoms in total. The van der Waals surface area contributed by atoms with Crippen LogP contribution < -0.4 is 0 Å². The summed E-state index contributed by atoms with van der Waals surface area (Å²) in [4.78, 5) is 1.86. The molecular weight excluding hydrogens is 170 g/mol. The molecule has 0 bridgehead atoms. The molecule has 0 aliphatic carbocycles. The molecule has 0 aromatic rings. The fourth-order valence-corrected chi connectivity index (χ4v) is 0.698. The first-order valence-electron chi connectivity index (χ1n) is 3.63. The standard InChI is InChI=1S/C10H14ClN/c1-5-10(12(4)6-2)8-7-9(3)11/h5-8H,1-2H2,3-4H3/b9-7+,10-8+. The lowest BCUT2D eigenvalue weighted by Gasteiger charge is -2.13. The zero-order valence-electron chi connectivity index (χ0n) is 7.55. The molecule has 12 heavy (non-hydrogen) atoms. The van der Waals surface area contributed by atoms with Gasteiger partial charge >= 0.3 is 0 Å². The molecule has 0 aromatic carbocycles. The van der Waals surface area contributed by atoms with E-state index in [2.05, 4.69) is 13.2 Å². The van der Waals surface area contributed by atoms with Crippen LogP contribution in [0.1, 0.15) is 6.92 Å². The van der Waals surface area contributed by atoms with E-state index in [0.717, 1.165) is 10.7 Å². The van der Waals surface area contributed by atoms with Crippen LogP contribution >= 0.6 is 11.6 Å². The monoisotopic (exact) mass is 183 g/mol. The molecule has 0 N–H and O–H groups in total. The molecule has 0 amide bonds. The van der Waals surface area contributed by atoms with Crippen LogP contribution in [-0.2, 0) is 0 Å². The van der Waals surface area contributed by atoms with Crippen molar-refractivity contribution in [3.8, 4) is 0 Å². The Bertz CT molecular complexity index is 222. The molecule has 2 heteroatoms. The van der Waals surface area contributed by atoms with E-state index in [1.54, 1.807) is 12.3 Å². The second-order valence-corrected chi connectivity index (χ2v) is 2.94. The maximum absolute atomic E-state index is 5.66. The highest BCUT2D eigenvalue weighted by Crippen LogP contribution is 2.05. The molecule has 0 aromatic heterocycles. The van der Waals surface area contributed by atoms with Crippen molar-refractivity contribution in [2.75, 3.05) is 7.05 Å². The van der Waals surface area contributed by atoms with Gasteiger partial charge in [-0.15, -0.1) is 0 Å². The lowest BCUT2D eigenvalue weighted by Crippen LogP contribution is -2.06. The van der Waals surface area contributed by atoms with Crippen molar-refractivity contribution in [3.63, 3.8) is 0 Å². The van der Waals surface area contributed by atoms with Crippen molar-refractivity contribution in [2.45, 2.75) is 6.92 Å². The topological polar surface area (TPSA) is 3.24 Å². The van der Waals surface area contributed by atoms with E-state index in [9.17, 15) is 0 Å². The van der Waals surface area contributed by atoms with Gasteiger partial charge in [0.05, 0.1) is 0 Å². The minimum absolute atomic E-state index is 0.742. The molecule has 0 aliphatic heterocycles. The summed E-state index contributed by atoms with van der Waals surface area (Å²) in [6.45, 7) is 9.14. The summed E-state index contributed by atoms with van der Waals surface area (Å²) >= 11 is 5.66. The first-order chi connectivity index (χ1) is 5.61. The third-order valence-corrected chi connectivity index (χ3v) is 1.50. The Kier molecular flexibility index (Phi) is 5.22. The van der Waals surface area contributed by atoms with Gasteiger partial charge in [-0.3, -0.25) is 0 Å². The highest BCUT2D eigenvalue weighted by Gasteiger charge is 1.92. The van der Waals surface area contributed by atoms with Gasteiger partial charge in [0.1, 0.15) is 0 Å². The smallest absolute Gasteiger partial charge is 0.0397 e. The van der Waals surface area contributed by atoms with Crippen LogP contribution in [0.5, 0.6) is 0 Å². The number of allylic oxidation sites excluding steroid dienone is 4. The molecule has 0 atom stereocenters. The summed E-state index contributed by atoms with van der Waals surface area (Å²) in [6, 6.07) is 0. The summed E-state index contributed by atoms with van der Waals surface area (Å²) in [7, 11) is 1.90. The summed E-state index contributed by atoms with van der Waals surface area (Å²) in [5.74, 6) is 0. The molecule has 0 fully saturated rings. The SMILES string of the molecule is C=C/C(=C\C=C(/C)Cl)N(C)C=C. The van der Waals surface area contributed by atoms with Crippen molar-refractivity contribution in [3.05, 3.63) is 48.3 Å². The Morgan fingerprint density at radius 1 is 1.33 bits per heavy atom. The van der Waals surface area contributed by atoms with E-state index >= 15 is 0 Å². The fraction of sp³-hybridized carbons (Fsp3) is 0.200. The Hall–Kier alpha value is -0.950. The van der Waals surface area contributed by atoms with E-state index in [4.69, 9.17) is 11.6 Å². The lowest BCUT2D eigenvalue weighted by molar-refractivity contribution is 0.591. The number of hydrogen-bond acceptors (Lipinski definition) is 1. The van der Waals surface area contributed by atoms with Crippen molar-refractivity contribution in [1.29, 1.82) is 0 Å². The van der Waals surface area contributed by atoms with Gasteiger partial charge in [-0.05, 0) is 31.4 Å². The third kappa shape index (κ3) is 4.04. The van der Waals surface area contributed by atoms with Gasteiger partial charge in [0.25, 0.3) is 0 Å². The molecule has 0 saturated heterocycles. The van der Waals surface area contributed by atoms with Crippen LogP contribution in [0.4, 0.5) is 0 Å². The summed E-state index contributed by atoms with van der Waals surface area (Å²) in [5.41, 5.74) is 0.963. The third-order valence-electron chi connectivity index (χ3n) is 1.37. The Morgan fingerprint density at radius 2 is 1.92 bits per heavy atom. The van der Waals surface area contributed by atoms with Gasteiger partial charge in [0.2, 0.25) is 0 Å². The molecule has 0 radical (unpaired) electrons. The van der Waals surface area contributed by atoms with Crippen molar-refractivity contribution in [2.24, 2.45) is 0 Å². The molecule has 0 heterocycles. The Labute approximate surface area is 79.3 Å². The van der Waals surface area contributed by atoms with Gasteiger partial charge < -0.3 is 4.90 Å². The first kappa shape index (κ1) is 11.1. The van der Waals surface area contributed by atoms with Crippen LogP contribution in [0, 0.1) is 0 Å². The quantitative estimate of drug-likeness (QED) is 0.605. The van der Waals surface area contributed by atoms with Crippen molar-refractivity contribution >= 4 is 11.6 Å². The zero-order chi connectivity index (χ0) is 9.56. The molecule has 0 rings (SSSR count). The van der Waals surface area contributed by atoms with Gasteiger partial charge in [-0.25, -0.2) is 0 Å².